The molecular weight excluding hydrogens is 594 g/mol. The zero-order valence-electron chi connectivity index (χ0n) is 22.3. The number of carbonyl (C=O) groups excluding carboxylic acids is 2. The third kappa shape index (κ3) is 6.05. The van der Waals surface area contributed by atoms with Crippen LogP contribution in [0.5, 0.6) is 0 Å². The van der Waals surface area contributed by atoms with Crippen LogP contribution < -0.4 is 5.32 Å². The summed E-state index contributed by atoms with van der Waals surface area (Å²) < 4.78 is 39.1. The summed E-state index contributed by atoms with van der Waals surface area (Å²) in [5, 5.41) is 7.87. The normalized spacial score (nSPS) is 20.8. The van der Waals surface area contributed by atoms with Crippen molar-refractivity contribution in [2.45, 2.75) is 51.5 Å². The molecule has 0 bridgehead atoms. The smallest absolute Gasteiger partial charge is 0.357 e. The van der Waals surface area contributed by atoms with Crippen LogP contribution in [0.4, 0.5) is 8.78 Å². The second kappa shape index (κ2) is 12.7. The Morgan fingerprint density at radius 1 is 1.05 bits per heavy atom. The molecule has 0 amide bonds. The average molecular weight is 621 g/mol. The van der Waals surface area contributed by atoms with E-state index in [9.17, 15) is 18.4 Å². The van der Waals surface area contributed by atoms with E-state index in [4.69, 9.17) is 26.1 Å². The number of thiazole rings is 2. The van der Waals surface area contributed by atoms with E-state index in [1.807, 2.05) is 0 Å². The molecule has 216 valence electrons. The number of ether oxygens (including phenoxy) is 2. The second-order valence-electron chi connectivity index (χ2n) is 9.49. The first kappa shape index (κ1) is 29.3. The van der Waals surface area contributed by atoms with Crippen LogP contribution in [-0.2, 0) is 14.3 Å². The van der Waals surface area contributed by atoms with E-state index in [1.165, 1.54) is 28.7 Å². The number of nitrogens with zero attached hydrogens (tertiary/aromatic N) is 3. The fourth-order valence-corrected chi connectivity index (χ4v) is 6.95. The highest BCUT2D eigenvalue weighted by Crippen LogP contribution is 2.44. The first-order valence-electron chi connectivity index (χ1n) is 13.2. The van der Waals surface area contributed by atoms with Gasteiger partial charge in [-0.15, -0.1) is 22.7 Å². The monoisotopic (exact) mass is 620 g/mol. The minimum atomic E-state index is -1.20. The zero-order valence-corrected chi connectivity index (χ0v) is 24.7. The summed E-state index contributed by atoms with van der Waals surface area (Å²) in [5.74, 6) is -2.87. The first-order chi connectivity index (χ1) is 19.8. The number of esters is 2. The molecule has 2 aromatic heterocycles. The van der Waals surface area contributed by atoms with Gasteiger partial charge in [0.05, 0.1) is 28.8 Å². The van der Waals surface area contributed by atoms with E-state index >= 15 is 0 Å². The Kier molecular flexibility index (Phi) is 9.10. The van der Waals surface area contributed by atoms with Gasteiger partial charge in [0, 0.05) is 34.1 Å². The predicted molar refractivity (Wildman–Crippen MR) is 152 cm³/mol. The lowest BCUT2D eigenvalue weighted by molar-refractivity contribution is -0.139. The van der Waals surface area contributed by atoms with Gasteiger partial charge in [0.15, 0.2) is 28.2 Å². The van der Waals surface area contributed by atoms with E-state index in [0.717, 1.165) is 23.9 Å². The Morgan fingerprint density at radius 2 is 1.76 bits per heavy atom. The number of aromatic nitrogens is 2. The van der Waals surface area contributed by atoms with Gasteiger partial charge in [-0.3, -0.25) is 4.99 Å². The van der Waals surface area contributed by atoms with Crippen molar-refractivity contribution < 1.29 is 27.8 Å². The van der Waals surface area contributed by atoms with Gasteiger partial charge in [-0.05, 0) is 51.5 Å². The molecule has 1 unspecified atom stereocenters. The Bertz CT molecular complexity index is 1500. The van der Waals surface area contributed by atoms with Gasteiger partial charge in [-0.25, -0.2) is 28.3 Å². The van der Waals surface area contributed by atoms with Gasteiger partial charge in [0.25, 0.3) is 0 Å². The maximum atomic E-state index is 14.6. The van der Waals surface area contributed by atoms with Crippen molar-refractivity contribution >= 4 is 52.0 Å². The number of rotatable bonds is 8. The summed E-state index contributed by atoms with van der Waals surface area (Å²) in [6.45, 7) is 3.85. The maximum Gasteiger partial charge on any atom is 0.357 e. The highest BCUT2D eigenvalue weighted by atomic mass is 35.5. The van der Waals surface area contributed by atoms with Crippen molar-refractivity contribution in [3.8, 4) is 0 Å². The molecule has 8 nitrogen and oxygen atoms in total. The molecule has 3 heterocycles. The largest absolute Gasteiger partial charge is 0.463 e. The van der Waals surface area contributed by atoms with Crippen molar-refractivity contribution in [1.82, 2.24) is 15.3 Å². The molecule has 1 atom stereocenters. The van der Waals surface area contributed by atoms with Gasteiger partial charge >= 0.3 is 11.9 Å². The van der Waals surface area contributed by atoms with Crippen molar-refractivity contribution in [3.63, 3.8) is 0 Å². The molecule has 0 spiro atoms. The predicted octanol–water partition coefficient (Wildman–Crippen LogP) is 6.59. The number of carbonyl (C=O) groups is 2. The summed E-state index contributed by atoms with van der Waals surface area (Å²) in [5.41, 5.74) is 1.29. The third-order valence-corrected chi connectivity index (χ3v) is 9.23. The van der Waals surface area contributed by atoms with Crippen LogP contribution in [0.1, 0.15) is 77.6 Å². The van der Waals surface area contributed by atoms with Gasteiger partial charge in [0.2, 0.25) is 0 Å². The van der Waals surface area contributed by atoms with E-state index < -0.39 is 34.6 Å². The van der Waals surface area contributed by atoms with Crippen LogP contribution in [0.25, 0.3) is 0 Å². The number of benzene rings is 1. The van der Waals surface area contributed by atoms with Crippen molar-refractivity contribution in [1.29, 1.82) is 0 Å². The molecule has 1 aliphatic heterocycles. The molecule has 13 heteroatoms. The molecule has 1 fully saturated rings. The van der Waals surface area contributed by atoms with Crippen LogP contribution >= 0.6 is 34.3 Å². The number of allylic oxidation sites excluding steroid dienone is 1. The number of hydrogen-bond acceptors (Lipinski definition) is 10. The Morgan fingerprint density at radius 3 is 2.44 bits per heavy atom. The Balaban J connectivity index is 1.50. The quantitative estimate of drug-likeness (QED) is 0.224. The third-order valence-electron chi connectivity index (χ3n) is 7.06. The second-order valence-corrected chi connectivity index (χ2v) is 11.7. The molecule has 1 N–H and O–H groups in total. The van der Waals surface area contributed by atoms with Crippen LogP contribution in [0, 0.1) is 17.6 Å². The molecule has 1 aliphatic carbocycles. The Labute approximate surface area is 248 Å². The number of hydrogen-bond donors (Lipinski definition) is 1. The van der Waals surface area contributed by atoms with Crippen LogP contribution in [0.3, 0.4) is 0 Å². The number of halogens is 3. The van der Waals surface area contributed by atoms with Gasteiger partial charge in [-0.1, -0.05) is 17.7 Å². The molecule has 5 rings (SSSR count). The molecule has 41 heavy (non-hydrogen) atoms. The topological polar surface area (TPSA) is 103 Å². The SMILES string of the molecule is CCOC(=O)C1=C(C2CCC(c3nc(C(=O)OCC)cs3)CC2)NC(c2nccs2)=NC1c1ccc(F)c(F)c1Cl. The first-order valence-corrected chi connectivity index (χ1v) is 15.4. The van der Waals surface area contributed by atoms with Crippen LogP contribution in [0.2, 0.25) is 5.02 Å². The van der Waals surface area contributed by atoms with E-state index in [1.54, 1.807) is 30.8 Å². The summed E-state index contributed by atoms with van der Waals surface area (Å²) >= 11 is 9.08. The van der Waals surface area contributed by atoms with E-state index in [0.29, 0.717) is 35.1 Å². The Hall–Kier alpha value is -3.22. The van der Waals surface area contributed by atoms with Gasteiger partial charge in [-0.2, -0.15) is 0 Å². The van der Waals surface area contributed by atoms with Gasteiger partial charge in [0.1, 0.15) is 6.04 Å². The van der Waals surface area contributed by atoms with Crippen molar-refractivity contribution in [3.05, 3.63) is 78.3 Å². The zero-order chi connectivity index (χ0) is 29.1. The molecule has 1 aromatic carbocycles. The van der Waals surface area contributed by atoms with Crippen LogP contribution in [0.15, 0.2) is 45.4 Å². The maximum absolute atomic E-state index is 14.6. The number of nitrogens with one attached hydrogen (secondary N) is 1. The fourth-order valence-electron chi connectivity index (χ4n) is 5.15. The summed E-state index contributed by atoms with van der Waals surface area (Å²) in [6, 6.07) is 1.29. The van der Waals surface area contributed by atoms with Gasteiger partial charge < -0.3 is 14.8 Å². The average Bonchev–Trinajstić information content (AvgIpc) is 3.69. The molecule has 3 aromatic rings. The van der Waals surface area contributed by atoms with E-state index in [-0.39, 0.29) is 36.2 Å². The number of aliphatic imine (C=N–C) groups is 1. The lowest BCUT2D eigenvalue weighted by Crippen LogP contribution is -2.38. The molecule has 0 saturated heterocycles. The lowest BCUT2D eigenvalue weighted by Gasteiger charge is -2.35. The highest BCUT2D eigenvalue weighted by molar-refractivity contribution is 7.11. The standard InChI is InChI=1S/C28H27ClF2N4O4S2/c1-3-38-27(36)18-13-41-25(33-18)15-7-5-14(6-8-15)22-19(28(37)39-4-2)23(16-9-10-17(30)21(31)20(16)29)35-24(34-22)26-32-11-12-40-26/h9-15,23H,3-8H2,1-2H3,(H,34,35). The highest BCUT2D eigenvalue weighted by Gasteiger charge is 2.39. The fraction of sp³-hybridized carbons (Fsp3) is 0.393. The minimum absolute atomic E-state index is 0.0906. The minimum Gasteiger partial charge on any atom is -0.463 e. The molecule has 2 aliphatic rings. The number of amidine groups is 1. The summed E-state index contributed by atoms with van der Waals surface area (Å²) in [4.78, 5) is 39.1. The summed E-state index contributed by atoms with van der Waals surface area (Å²) in [6.07, 6.45) is 4.57. The van der Waals surface area contributed by atoms with Crippen molar-refractivity contribution in [2.75, 3.05) is 13.2 Å². The molecule has 0 radical (unpaired) electrons. The lowest BCUT2D eigenvalue weighted by atomic mass is 9.78. The summed E-state index contributed by atoms with van der Waals surface area (Å²) in [7, 11) is 0. The van der Waals surface area contributed by atoms with Crippen molar-refractivity contribution in [2.24, 2.45) is 10.9 Å². The molecule has 1 saturated carbocycles. The molecular formula is C28H27ClF2N4O4S2. The van der Waals surface area contributed by atoms with E-state index in [2.05, 4.69) is 15.3 Å². The van der Waals surface area contributed by atoms with Crippen LogP contribution in [-0.4, -0.2) is 41.0 Å².